The van der Waals surface area contributed by atoms with E-state index in [9.17, 15) is 19.5 Å². The molecule has 3 heterocycles. The number of ether oxygens (including phenoxy) is 2. The highest BCUT2D eigenvalue weighted by molar-refractivity contribution is 6.05. The van der Waals surface area contributed by atoms with Crippen molar-refractivity contribution in [1.29, 1.82) is 0 Å². The SMILES string of the molecule is CC/C(=C(\c1ccc(O)cc1)c1ccc(OC2CCC(OCCN3CCN(c4ccc5c(c4)CN(C4CCC(=O)NC4=O)C5=O)CC3)CC2)cc1)c1ccccc1. The second kappa shape index (κ2) is 17.4. The van der Waals surface area contributed by atoms with Gasteiger partial charge in [-0.2, -0.15) is 0 Å². The molecule has 3 fully saturated rings. The van der Waals surface area contributed by atoms with Crippen LogP contribution in [0.4, 0.5) is 5.69 Å². The lowest BCUT2D eigenvalue weighted by Gasteiger charge is -2.36. The van der Waals surface area contributed by atoms with Gasteiger partial charge in [-0.3, -0.25) is 24.6 Å². The molecule has 1 saturated carbocycles. The fraction of sp³-hybridized carbons (Fsp3) is 0.383. The van der Waals surface area contributed by atoms with E-state index >= 15 is 0 Å². The molecule has 0 bridgehead atoms. The lowest BCUT2D eigenvalue weighted by molar-refractivity contribution is -0.136. The van der Waals surface area contributed by atoms with Crippen molar-refractivity contribution >= 4 is 34.6 Å². The number of nitrogens with zero attached hydrogens (tertiary/aromatic N) is 3. The first-order chi connectivity index (χ1) is 27.8. The number of piperazine rings is 1. The highest BCUT2D eigenvalue weighted by Gasteiger charge is 2.39. The summed E-state index contributed by atoms with van der Waals surface area (Å²) < 4.78 is 12.9. The summed E-state index contributed by atoms with van der Waals surface area (Å²) in [6.07, 6.45) is 5.84. The van der Waals surface area contributed by atoms with Gasteiger partial charge in [0.2, 0.25) is 11.8 Å². The first-order valence-corrected chi connectivity index (χ1v) is 20.5. The summed E-state index contributed by atoms with van der Waals surface area (Å²) in [5, 5.41) is 12.3. The Morgan fingerprint density at radius 1 is 0.772 bits per heavy atom. The number of fused-ring (bicyclic) bond motifs is 1. The molecular weight excluding hydrogens is 717 g/mol. The Morgan fingerprint density at radius 2 is 1.46 bits per heavy atom. The van der Waals surface area contributed by atoms with Crippen molar-refractivity contribution in [3.63, 3.8) is 0 Å². The van der Waals surface area contributed by atoms with Gasteiger partial charge in [0.1, 0.15) is 17.5 Å². The Bertz CT molecular complexity index is 2080. The normalized spacial score (nSPS) is 21.9. The predicted octanol–water partition coefficient (Wildman–Crippen LogP) is 7.05. The number of anilines is 1. The van der Waals surface area contributed by atoms with Crippen LogP contribution in [0, 0.1) is 0 Å². The number of aromatic hydroxyl groups is 1. The number of phenols is 1. The maximum absolute atomic E-state index is 13.1. The molecule has 10 heteroatoms. The monoisotopic (exact) mass is 768 g/mol. The number of benzene rings is 4. The number of hydrogen-bond acceptors (Lipinski definition) is 8. The Kier molecular flexibility index (Phi) is 11.7. The van der Waals surface area contributed by atoms with Crippen molar-refractivity contribution in [1.82, 2.24) is 15.1 Å². The number of imide groups is 1. The summed E-state index contributed by atoms with van der Waals surface area (Å²) in [6, 6.07) is 31.8. The second-order valence-corrected chi connectivity index (χ2v) is 15.6. The molecule has 3 amide bonds. The molecule has 8 rings (SSSR count). The summed E-state index contributed by atoms with van der Waals surface area (Å²) in [5.74, 6) is 0.344. The molecule has 0 spiro atoms. The third-order valence-electron chi connectivity index (χ3n) is 12.0. The molecule has 10 nitrogen and oxygen atoms in total. The van der Waals surface area contributed by atoms with Crippen molar-refractivity contribution in [2.45, 2.75) is 76.7 Å². The van der Waals surface area contributed by atoms with E-state index in [1.165, 1.54) is 11.1 Å². The molecule has 1 aliphatic carbocycles. The second-order valence-electron chi connectivity index (χ2n) is 15.6. The minimum absolute atomic E-state index is 0.137. The summed E-state index contributed by atoms with van der Waals surface area (Å²) in [4.78, 5) is 43.6. The van der Waals surface area contributed by atoms with E-state index in [1.807, 2.05) is 30.3 Å². The zero-order valence-corrected chi connectivity index (χ0v) is 32.7. The van der Waals surface area contributed by atoms with Crippen LogP contribution in [0.3, 0.4) is 0 Å². The molecule has 4 aliphatic rings. The van der Waals surface area contributed by atoms with Crippen LogP contribution in [-0.2, 0) is 20.9 Å². The van der Waals surface area contributed by atoms with Crippen molar-refractivity contribution in [2.75, 3.05) is 44.2 Å². The first-order valence-electron chi connectivity index (χ1n) is 20.5. The summed E-state index contributed by atoms with van der Waals surface area (Å²) >= 11 is 0. The fourth-order valence-corrected chi connectivity index (χ4v) is 8.85. The summed E-state index contributed by atoms with van der Waals surface area (Å²) in [5.41, 5.74) is 8.49. The third kappa shape index (κ3) is 8.77. The fourth-order valence-electron chi connectivity index (χ4n) is 8.85. The van der Waals surface area contributed by atoms with Crippen LogP contribution in [0.25, 0.3) is 11.1 Å². The number of piperidine rings is 1. The molecule has 4 aromatic rings. The number of rotatable bonds is 12. The smallest absolute Gasteiger partial charge is 0.255 e. The Hall–Kier alpha value is -5.45. The average Bonchev–Trinajstić information content (AvgIpc) is 3.56. The molecule has 4 aromatic carbocycles. The van der Waals surface area contributed by atoms with Gasteiger partial charge in [0.15, 0.2) is 0 Å². The molecular formula is C47H52N4O6. The summed E-state index contributed by atoms with van der Waals surface area (Å²) in [7, 11) is 0. The quantitative estimate of drug-likeness (QED) is 0.117. The van der Waals surface area contributed by atoms with Crippen LogP contribution in [-0.4, -0.2) is 90.2 Å². The standard InChI is InChI=1S/C47H52N4O6/c1-2-41(32-6-4-3-5-7-32)45(33-8-13-37(52)14-9-33)34-10-15-39(16-11-34)57-40-19-17-38(18-20-40)56-29-28-49-24-26-50(27-25-49)36-12-21-42-35(30-36)31-51(47(42)55)43-22-23-44(53)48-46(43)54/h3-16,21,30,38,40,43,52H,2,17-20,22-29,31H2,1H3,(H,48,53,54)/b45-41-. The topological polar surface area (TPSA) is 112 Å². The van der Waals surface area contributed by atoms with Gasteiger partial charge in [0.25, 0.3) is 5.91 Å². The molecule has 2 N–H and O–H groups in total. The maximum atomic E-state index is 13.1. The van der Waals surface area contributed by atoms with Gasteiger partial charge < -0.3 is 24.4 Å². The molecule has 296 valence electrons. The Balaban J connectivity index is 0.779. The average molecular weight is 769 g/mol. The van der Waals surface area contributed by atoms with Crippen LogP contribution >= 0.6 is 0 Å². The Morgan fingerprint density at radius 3 is 2.14 bits per heavy atom. The lowest BCUT2D eigenvalue weighted by atomic mass is 9.88. The van der Waals surface area contributed by atoms with Gasteiger partial charge >= 0.3 is 0 Å². The van der Waals surface area contributed by atoms with Crippen LogP contribution in [0.15, 0.2) is 97.1 Å². The van der Waals surface area contributed by atoms with E-state index in [2.05, 4.69) is 76.6 Å². The molecule has 57 heavy (non-hydrogen) atoms. The maximum Gasteiger partial charge on any atom is 0.255 e. The van der Waals surface area contributed by atoms with Gasteiger partial charge in [0, 0.05) is 56.9 Å². The van der Waals surface area contributed by atoms with Gasteiger partial charge in [-0.05, 0) is 114 Å². The van der Waals surface area contributed by atoms with E-state index in [0.717, 1.165) is 98.5 Å². The van der Waals surface area contributed by atoms with Crippen molar-refractivity contribution < 1.29 is 29.0 Å². The van der Waals surface area contributed by atoms with Gasteiger partial charge in [0.05, 0.1) is 18.8 Å². The Labute approximate surface area is 335 Å². The van der Waals surface area contributed by atoms with E-state index in [4.69, 9.17) is 9.47 Å². The zero-order chi connectivity index (χ0) is 39.3. The van der Waals surface area contributed by atoms with E-state index in [0.29, 0.717) is 25.1 Å². The highest BCUT2D eigenvalue weighted by Crippen LogP contribution is 2.36. The van der Waals surface area contributed by atoms with Crippen molar-refractivity contribution in [3.05, 3.63) is 125 Å². The van der Waals surface area contributed by atoms with Crippen LogP contribution in [0.2, 0.25) is 0 Å². The van der Waals surface area contributed by atoms with E-state index < -0.39 is 6.04 Å². The molecule has 0 aromatic heterocycles. The highest BCUT2D eigenvalue weighted by atomic mass is 16.5. The van der Waals surface area contributed by atoms with Crippen LogP contribution in [0.1, 0.15) is 84.5 Å². The van der Waals surface area contributed by atoms with Crippen molar-refractivity contribution in [2.24, 2.45) is 0 Å². The van der Waals surface area contributed by atoms with E-state index in [1.54, 1.807) is 17.0 Å². The summed E-state index contributed by atoms with van der Waals surface area (Å²) in [6.45, 7) is 7.88. The lowest BCUT2D eigenvalue weighted by Crippen LogP contribution is -2.52. The number of amides is 3. The third-order valence-corrected chi connectivity index (χ3v) is 12.0. The molecule has 2 saturated heterocycles. The number of phenolic OH excluding ortho intramolecular Hbond substituents is 1. The van der Waals surface area contributed by atoms with Crippen molar-refractivity contribution in [3.8, 4) is 11.5 Å². The van der Waals surface area contributed by atoms with Gasteiger partial charge in [-0.15, -0.1) is 0 Å². The van der Waals surface area contributed by atoms with Gasteiger partial charge in [-0.25, -0.2) is 0 Å². The molecule has 1 atom stereocenters. The number of carbonyl (C=O) groups is 3. The zero-order valence-electron chi connectivity index (χ0n) is 32.7. The van der Waals surface area contributed by atoms with E-state index in [-0.39, 0.29) is 42.1 Å². The van der Waals surface area contributed by atoms with Crippen LogP contribution in [0.5, 0.6) is 11.5 Å². The number of nitrogens with one attached hydrogen (secondary N) is 1. The molecule has 3 aliphatic heterocycles. The predicted molar refractivity (Wildman–Crippen MR) is 221 cm³/mol. The number of carbonyl (C=O) groups excluding carboxylic acids is 3. The molecule has 1 unspecified atom stereocenters. The number of hydrogen-bond donors (Lipinski definition) is 2. The van der Waals surface area contributed by atoms with Gasteiger partial charge in [-0.1, -0.05) is 61.5 Å². The largest absolute Gasteiger partial charge is 0.508 e. The minimum Gasteiger partial charge on any atom is -0.508 e. The number of allylic oxidation sites excluding steroid dienone is 1. The van der Waals surface area contributed by atoms with Crippen LogP contribution < -0.4 is 15.0 Å². The minimum atomic E-state index is -0.597. The first kappa shape index (κ1) is 38.4. The molecule has 0 radical (unpaired) electrons.